The lowest BCUT2D eigenvalue weighted by atomic mass is 10.1. The summed E-state index contributed by atoms with van der Waals surface area (Å²) in [6.45, 7) is 5.06. The molecule has 0 saturated carbocycles. The average molecular weight is 486 g/mol. The predicted molar refractivity (Wildman–Crippen MR) is 139 cm³/mol. The Balaban J connectivity index is 1.29. The van der Waals surface area contributed by atoms with Crippen LogP contribution in [0.15, 0.2) is 72.2 Å². The number of nitrogens with zero attached hydrogens (tertiary/aromatic N) is 3. The number of rotatable bonds is 8. The number of para-hydroxylation sites is 1. The number of carbonyl (C=O) groups is 1. The van der Waals surface area contributed by atoms with Crippen LogP contribution in [0, 0.1) is 6.92 Å². The maximum atomic E-state index is 13.0. The van der Waals surface area contributed by atoms with E-state index in [9.17, 15) is 4.79 Å². The molecule has 0 N–H and O–H groups in total. The summed E-state index contributed by atoms with van der Waals surface area (Å²) in [6, 6.07) is 19.7. The molecule has 1 aliphatic rings. The lowest BCUT2D eigenvalue weighted by molar-refractivity contribution is -0.125. The van der Waals surface area contributed by atoms with Crippen molar-refractivity contribution in [2.75, 3.05) is 18.1 Å². The minimum absolute atomic E-state index is 0.0260. The van der Waals surface area contributed by atoms with Gasteiger partial charge >= 0.3 is 0 Å². The lowest BCUT2D eigenvalue weighted by Gasteiger charge is -2.33. The standard InChI is InChI=1S/C28H27N3O3S/c1-19-9-3-4-11-25(19)33-16-8-7-15-31-24-17-21(12-13-26(24)34-20(2)28(31)32)23-18-35-27(30-23)22-10-5-6-14-29-22/h3-6,9-14,17-18,20H,7-8,15-16H2,1-2H3. The number of ether oxygens (including phenoxy) is 2. The second-order valence-corrected chi connectivity index (χ2v) is 9.36. The van der Waals surface area contributed by atoms with E-state index >= 15 is 0 Å². The summed E-state index contributed by atoms with van der Waals surface area (Å²) in [5.74, 6) is 1.60. The number of pyridine rings is 1. The highest BCUT2D eigenvalue weighted by Gasteiger charge is 2.31. The van der Waals surface area contributed by atoms with Crippen molar-refractivity contribution in [3.05, 3.63) is 77.8 Å². The topological polar surface area (TPSA) is 64.5 Å². The summed E-state index contributed by atoms with van der Waals surface area (Å²) >= 11 is 1.56. The smallest absolute Gasteiger partial charge is 0.267 e. The highest BCUT2D eigenvalue weighted by Crippen LogP contribution is 2.38. The van der Waals surface area contributed by atoms with Crippen LogP contribution in [0.5, 0.6) is 11.5 Å². The largest absolute Gasteiger partial charge is 0.493 e. The zero-order valence-electron chi connectivity index (χ0n) is 19.8. The van der Waals surface area contributed by atoms with Crippen LogP contribution in [-0.4, -0.2) is 35.1 Å². The van der Waals surface area contributed by atoms with Crippen molar-refractivity contribution in [1.29, 1.82) is 0 Å². The van der Waals surface area contributed by atoms with Crippen molar-refractivity contribution < 1.29 is 14.3 Å². The third-order valence-electron chi connectivity index (χ3n) is 5.98. The van der Waals surface area contributed by atoms with E-state index in [2.05, 4.69) is 4.98 Å². The van der Waals surface area contributed by atoms with Gasteiger partial charge in [0, 0.05) is 23.7 Å². The fraction of sp³-hybridized carbons (Fsp3) is 0.250. The van der Waals surface area contributed by atoms with Crippen molar-refractivity contribution in [3.8, 4) is 33.5 Å². The van der Waals surface area contributed by atoms with E-state index in [4.69, 9.17) is 14.5 Å². The van der Waals surface area contributed by atoms with E-state index in [1.54, 1.807) is 24.5 Å². The number of fused-ring (bicyclic) bond motifs is 1. The Morgan fingerprint density at radius 2 is 1.91 bits per heavy atom. The molecule has 0 aliphatic carbocycles. The van der Waals surface area contributed by atoms with Gasteiger partial charge in [0.1, 0.15) is 16.5 Å². The summed E-state index contributed by atoms with van der Waals surface area (Å²) in [6.07, 6.45) is 2.94. The molecule has 35 heavy (non-hydrogen) atoms. The first-order valence-corrected chi connectivity index (χ1v) is 12.7. The van der Waals surface area contributed by atoms with Crippen LogP contribution in [0.2, 0.25) is 0 Å². The number of aryl methyl sites for hydroxylation is 1. The van der Waals surface area contributed by atoms with Gasteiger partial charge in [0.25, 0.3) is 5.91 Å². The molecular formula is C28H27N3O3S. The Hall–Kier alpha value is -3.71. The molecule has 2 aromatic carbocycles. The number of hydrogen-bond donors (Lipinski definition) is 0. The summed E-state index contributed by atoms with van der Waals surface area (Å²) in [7, 11) is 0. The van der Waals surface area contributed by atoms with Crippen LogP contribution < -0.4 is 14.4 Å². The number of unbranched alkanes of at least 4 members (excludes halogenated alkanes) is 1. The molecule has 6 nitrogen and oxygen atoms in total. The van der Waals surface area contributed by atoms with Crippen LogP contribution in [0.25, 0.3) is 22.0 Å². The summed E-state index contributed by atoms with van der Waals surface area (Å²) < 4.78 is 11.8. The highest BCUT2D eigenvalue weighted by molar-refractivity contribution is 7.13. The fourth-order valence-corrected chi connectivity index (χ4v) is 4.89. The number of anilines is 1. The van der Waals surface area contributed by atoms with E-state index in [-0.39, 0.29) is 5.91 Å². The molecule has 0 fully saturated rings. The van der Waals surface area contributed by atoms with Crippen molar-refractivity contribution in [2.24, 2.45) is 0 Å². The Labute approximate surface area is 209 Å². The SMILES string of the molecule is Cc1ccccc1OCCCCN1C(=O)C(C)Oc2ccc(-c3csc(-c4ccccn4)n3)cc21. The molecule has 1 aliphatic heterocycles. The van der Waals surface area contributed by atoms with Crippen molar-refractivity contribution in [2.45, 2.75) is 32.8 Å². The van der Waals surface area contributed by atoms with Gasteiger partial charge < -0.3 is 14.4 Å². The maximum Gasteiger partial charge on any atom is 0.267 e. The van der Waals surface area contributed by atoms with Crippen LogP contribution in [0.1, 0.15) is 25.3 Å². The van der Waals surface area contributed by atoms with Crippen LogP contribution in [0.4, 0.5) is 5.69 Å². The van der Waals surface area contributed by atoms with Crippen molar-refractivity contribution >= 4 is 22.9 Å². The zero-order valence-corrected chi connectivity index (χ0v) is 20.6. The van der Waals surface area contributed by atoms with Gasteiger partial charge in [-0.15, -0.1) is 11.3 Å². The number of carbonyl (C=O) groups excluding carboxylic acids is 1. The van der Waals surface area contributed by atoms with E-state index in [1.165, 1.54) is 0 Å². The molecule has 1 atom stereocenters. The second-order valence-electron chi connectivity index (χ2n) is 8.51. The quantitative estimate of drug-likeness (QED) is 0.280. The van der Waals surface area contributed by atoms with E-state index < -0.39 is 6.10 Å². The molecule has 5 rings (SSSR count). The monoisotopic (exact) mass is 485 g/mol. The van der Waals surface area contributed by atoms with Gasteiger partial charge in [-0.25, -0.2) is 4.98 Å². The van der Waals surface area contributed by atoms with Gasteiger partial charge in [-0.1, -0.05) is 24.3 Å². The molecule has 2 aromatic heterocycles. The highest BCUT2D eigenvalue weighted by atomic mass is 32.1. The lowest BCUT2D eigenvalue weighted by Crippen LogP contribution is -2.45. The number of hydrogen-bond acceptors (Lipinski definition) is 6. The van der Waals surface area contributed by atoms with Crippen molar-refractivity contribution in [1.82, 2.24) is 9.97 Å². The maximum absolute atomic E-state index is 13.0. The van der Waals surface area contributed by atoms with Gasteiger partial charge in [-0.05, 0) is 68.7 Å². The van der Waals surface area contributed by atoms with Crippen LogP contribution in [0.3, 0.4) is 0 Å². The first kappa shape index (κ1) is 23.1. The molecule has 4 aromatic rings. The van der Waals surface area contributed by atoms with Gasteiger partial charge in [-0.3, -0.25) is 9.78 Å². The third-order valence-corrected chi connectivity index (χ3v) is 6.84. The summed E-state index contributed by atoms with van der Waals surface area (Å²) in [5, 5.41) is 2.89. The van der Waals surface area contributed by atoms with Gasteiger partial charge in [0.05, 0.1) is 23.7 Å². The van der Waals surface area contributed by atoms with Gasteiger partial charge in [0.15, 0.2) is 6.10 Å². The predicted octanol–water partition coefficient (Wildman–Crippen LogP) is 6.15. The molecule has 1 unspecified atom stereocenters. The first-order valence-electron chi connectivity index (χ1n) is 11.8. The minimum Gasteiger partial charge on any atom is -0.493 e. The molecule has 178 valence electrons. The number of aromatic nitrogens is 2. The molecule has 3 heterocycles. The number of thiazole rings is 1. The van der Waals surface area contributed by atoms with Gasteiger partial charge in [0.2, 0.25) is 0 Å². The van der Waals surface area contributed by atoms with E-state index in [0.29, 0.717) is 13.2 Å². The molecule has 0 saturated heterocycles. The molecule has 7 heteroatoms. The Kier molecular flexibility index (Phi) is 6.77. The number of amides is 1. The molecular weight excluding hydrogens is 458 g/mol. The summed E-state index contributed by atoms with van der Waals surface area (Å²) in [5.41, 5.74) is 4.57. The van der Waals surface area contributed by atoms with Crippen LogP contribution in [-0.2, 0) is 4.79 Å². The average Bonchev–Trinajstić information content (AvgIpc) is 3.38. The number of benzene rings is 2. The van der Waals surface area contributed by atoms with E-state index in [0.717, 1.165) is 57.6 Å². The molecule has 0 spiro atoms. The zero-order chi connectivity index (χ0) is 24.2. The Bertz CT molecular complexity index is 1320. The van der Waals surface area contributed by atoms with Crippen molar-refractivity contribution in [3.63, 3.8) is 0 Å². The van der Waals surface area contributed by atoms with Gasteiger partial charge in [-0.2, -0.15) is 0 Å². The fourth-order valence-electron chi connectivity index (χ4n) is 4.08. The molecule has 0 bridgehead atoms. The van der Waals surface area contributed by atoms with E-state index in [1.807, 2.05) is 77.9 Å². The Morgan fingerprint density at radius 3 is 2.74 bits per heavy atom. The summed E-state index contributed by atoms with van der Waals surface area (Å²) in [4.78, 5) is 24.0. The normalized spacial score (nSPS) is 15.0. The third kappa shape index (κ3) is 5.05. The Morgan fingerprint density at radius 1 is 1.06 bits per heavy atom. The first-order chi connectivity index (χ1) is 17.1. The second kappa shape index (κ2) is 10.3. The molecule has 1 amide bonds. The minimum atomic E-state index is -0.508. The molecule has 0 radical (unpaired) electrons. The van der Waals surface area contributed by atoms with Crippen LogP contribution >= 0.6 is 11.3 Å².